The minimum Gasteiger partial charge on any atom is -0.466 e. The molecule has 134 valence electrons. The molecule has 2 aliphatic rings. The van der Waals surface area contributed by atoms with E-state index >= 15 is 0 Å². The molecule has 0 bridgehead atoms. The largest absolute Gasteiger partial charge is 0.466 e. The molecule has 0 spiro atoms. The van der Waals surface area contributed by atoms with E-state index in [0.29, 0.717) is 43.2 Å². The first-order valence-corrected chi connectivity index (χ1v) is 9.02. The lowest BCUT2D eigenvalue weighted by Gasteiger charge is -2.31. The number of rotatable bonds is 4. The van der Waals surface area contributed by atoms with E-state index in [1.54, 1.807) is 31.2 Å². The minimum atomic E-state index is -0.380. The molecular formula is C18H22ClN2O4+. The van der Waals surface area contributed by atoms with Crippen molar-refractivity contribution >= 4 is 35.1 Å². The molecule has 3 rings (SSSR count). The van der Waals surface area contributed by atoms with Gasteiger partial charge in [-0.05, 0) is 25.1 Å². The van der Waals surface area contributed by atoms with Gasteiger partial charge >= 0.3 is 5.97 Å². The number of nitrogens with one attached hydrogen (secondary N) is 1. The molecule has 25 heavy (non-hydrogen) atoms. The van der Waals surface area contributed by atoms with Crippen LogP contribution in [0.4, 0.5) is 5.69 Å². The predicted molar refractivity (Wildman–Crippen MR) is 92.4 cm³/mol. The third kappa shape index (κ3) is 3.70. The highest BCUT2D eigenvalue weighted by Crippen LogP contribution is 2.25. The van der Waals surface area contributed by atoms with E-state index in [0.717, 1.165) is 4.90 Å². The Morgan fingerprint density at radius 3 is 2.68 bits per heavy atom. The van der Waals surface area contributed by atoms with Gasteiger partial charge in [-0.15, -0.1) is 0 Å². The summed E-state index contributed by atoms with van der Waals surface area (Å²) in [4.78, 5) is 39.3. The van der Waals surface area contributed by atoms with Crippen LogP contribution in [0.1, 0.15) is 26.2 Å². The number of nitrogens with zero attached hydrogens (tertiary/aromatic N) is 1. The van der Waals surface area contributed by atoms with Crippen molar-refractivity contribution in [3.63, 3.8) is 0 Å². The van der Waals surface area contributed by atoms with Gasteiger partial charge in [0.05, 0.1) is 37.7 Å². The molecule has 0 saturated carbocycles. The molecule has 7 heteroatoms. The number of ether oxygens (including phenoxy) is 1. The average molecular weight is 366 g/mol. The van der Waals surface area contributed by atoms with Crippen LogP contribution in [0.15, 0.2) is 24.3 Å². The number of esters is 1. The summed E-state index contributed by atoms with van der Waals surface area (Å²) >= 11 is 5.98. The molecule has 0 radical (unpaired) electrons. The highest BCUT2D eigenvalue weighted by Gasteiger charge is 2.47. The number of amides is 2. The quantitative estimate of drug-likeness (QED) is 0.634. The van der Waals surface area contributed by atoms with Crippen molar-refractivity contribution in [3.8, 4) is 0 Å². The topological polar surface area (TPSA) is 68.1 Å². The maximum absolute atomic E-state index is 12.8. The molecule has 1 N–H and O–H groups in total. The van der Waals surface area contributed by atoms with Gasteiger partial charge in [0.1, 0.15) is 0 Å². The number of hydrogen-bond acceptors (Lipinski definition) is 4. The average Bonchev–Trinajstić information content (AvgIpc) is 2.90. The number of halogens is 1. The summed E-state index contributed by atoms with van der Waals surface area (Å²) in [7, 11) is 0. The van der Waals surface area contributed by atoms with Gasteiger partial charge in [-0.1, -0.05) is 17.7 Å². The van der Waals surface area contributed by atoms with Crippen molar-refractivity contribution in [1.29, 1.82) is 0 Å². The number of piperidine rings is 1. The van der Waals surface area contributed by atoms with Crippen LogP contribution in [0.2, 0.25) is 5.02 Å². The number of quaternary nitrogens is 1. The van der Waals surface area contributed by atoms with E-state index in [9.17, 15) is 14.4 Å². The molecule has 2 fully saturated rings. The van der Waals surface area contributed by atoms with Crippen molar-refractivity contribution < 1.29 is 24.0 Å². The summed E-state index contributed by atoms with van der Waals surface area (Å²) in [6.07, 6.45) is 1.57. The van der Waals surface area contributed by atoms with Crippen molar-refractivity contribution in [1.82, 2.24) is 0 Å². The van der Waals surface area contributed by atoms with E-state index in [1.165, 1.54) is 4.90 Å². The monoisotopic (exact) mass is 365 g/mol. The molecule has 2 heterocycles. The second-order valence-corrected chi connectivity index (χ2v) is 6.92. The number of hydrogen-bond donors (Lipinski definition) is 1. The molecular weight excluding hydrogens is 344 g/mol. The summed E-state index contributed by atoms with van der Waals surface area (Å²) in [5.74, 6) is -0.634. The van der Waals surface area contributed by atoms with Gasteiger partial charge in [0.25, 0.3) is 5.91 Å². The van der Waals surface area contributed by atoms with Gasteiger partial charge in [0.15, 0.2) is 6.04 Å². The van der Waals surface area contributed by atoms with Crippen LogP contribution in [0.3, 0.4) is 0 Å². The Kier molecular flexibility index (Phi) is 5.39. The molecule has 0 unspecified atom stereocenters. The number of benzene rings is 1. The molecule has 2 amide bonds. The Labute approximate surface area is 151 Å². The van der Waals surface area contributed by atoms with Crippen LogP contribution in [0, 0.1) is 5.92 Å². The SMILES string of the molecule is CCOC(=O)C1CC[NH+]([C@H]2CC(=O)N(c3cccc(Cl)c3)C2=O)CC1. The van der Waals surface area contributed by atoms with Crippen LogP contribution in [0.25, 0.3) is 0 Å². The number of carbonyl (C=O) groups is 3. The van der Waals surface area contributed by atoms with Crippen LogP contribution < -0.4 is 9.80 Å². The van der Waals surface area contributed by atoms with E-state index in [4.69, 9.17) is 16.3 Å². The van der Waals surface area contributed by atoms with Crippen LogP contribution in [-0.2, 0) is 19.1 Å². The third-order valence-corrected chi connectivity index (χ3v) is 5.19. The van der Waals surface area contributed by atoms with Crippen molar-refractivity contribution in [2.24, 2.45) is 5.92 Å². The highest BCUT2D eigenvalue weighted by molar-refractivity contribution is 6.31. The number of anilines is 1. The molecule has 6 nitrogen and oxygen atoms in total. The van der Waals surface area contributed by atoms with Crippen molar-refractivity contribution in [2.45, 2.75) is 32.2 Å². The fraction of sp³-hybridized carbons (Fsp3) is 0.500. The lowest BCUT2D eigenvalue weighted by atomic mass is 9.95. The predicted octanol–water partition coefficient (Wildman–Crippen LogP) is 0.830. The van der Waals surface area contributed by atoms with Gasteiger partial charge in [-0.2, -0.15) is 0 Å². The minimum absolute atomic E-state index is 0.0973. The second kappa shape index (κ2) is 7.54. The van der Waals surface area contributed by atoms with Gasteiger partial charge in [-0.3, -0.25) is 14.4 Å². The number of carbonyl (C=O) groups excluding carboxylic acids is 3. The third-order valence-electron chi connectivity index (χ3n) is 4.95. The zero-order valence-electron chi connectivity index (χ0n) is 14.2. The van der Waals surface area contributed by atoms with E-state index in [-0.39, 0.29) is 36.2 Å². The molecule has 2 saturated heterocycles. The Balaban J connectivity index is 1.66. The Hall–Kier alpha value is -1.92. The standard InChI is InChI=1S/C18H21ClN2O4/c1-2-25-18(24)12-6-8-20(9-7-12)15-11-16(22)21(17(15)23)14-5-3-4-13(19)10-14/h3-5,10,12,15H,2,6-9,11H2,1H3/p+1/t15-/m0/s1. The maximum atomic E-state index is 12.8. The summed E-state index contributed by atoms with van der Waals surface area (Å²) in [5.41, 5.74) is 0.519. The molecule has 1 aromatic carbocycles. The Morgan fingerprint density at radius 2 is 2.04 bits per heavy atom. The Bertz CT molecular complexity index is 685. The number of imide groups is 1. The van der Waals surface area contributed by atoms with E-state index in [2.05, 4.69) is 0 Å². The van der Waals surface area contributed by atoms with Gasteiger partial charge < -0.3 is 9.64 Å². The summed E-state index contributed by atoms with van der Waals surface area (Å²) in [5, 5.41) is 0.490. The lowest BCUT2D eigenvalue weighted by molar-refractivity contribution is -0.920. The second-order valence-electron chi connectivity index (χ2n) is 6.49. The molecule has 0 aliphatic carbocycles. The Morgan fingerprint density at radius 1 is 1.32 bits per heavy atom. The van der Waals surface area contributed by atoms with Gasteiger partial charge in [-0.25, -0.2) is 4.90 Å². The van der Waals surface area contributed by atoms with Crippen molar-refractivity contribution in [3.05, 3.63) is 29.3 Å². The first kappa shape index (κ1) is 17.9. The van der Waals surface area contributed by atoms with Gasteiger partial charge in [0, 0.05) is 17.9 Å². The first-order chi connectivity index (χ1) is 12.0. The van der Waals surface area contributed by atoms with E-state index in [1.807, 2.05) is 0 Å². The number of likely N-dealkylation sites (tertiary alicyclic amines) is 1. The summed E-state index contributed by atoms with van der Waals surface area (Å²) < 4.78 is 5.08. The highest BCUT2D eigenvalue weighted by atomic mass is 35.5. The fourth-order valence-corrected chi connectivity index (χ4v) is 3.85. The molecule has 1 aromatic rings. The smallest absolute Gasteiger partial charge is 0.309 e. The van der Waals surface area contributed by atoms with Gasteiger partial charge in [0.2, 0.25) is 5.91 Å². The lowest BCUT2D eigenvalue weighted by Crippen LogP contribution is -3.17. The normalized spacial score (nSPS) is 26.8. The van der Waals surface area contributed by atoms with E-state index < -0.39 is 0 Å². The maximum Gasteiger partial charge on any atom is 0.309 e. The molecule has 0 aromatic heterocycles. The summed E-state index contributed by atoms with van der Waals surface area (Å²) in [6.45, 7) is 3.56. The van der Waals surface area contributed by atoms with Crippen LogP contribution in [-0.4, -0.2) is 43.5 Å². The fourth-order valence-electron chi connectivity index (χ4n) is 3.67. The van der Waals surface area contributed by atoms with Crippen LogP contribution in [0.5, 0.6) is 0 Å². The molecule has 1 atom stereocenters. The van der Waals surface area contributed by atoms with Crippen molar-refractivity contribution in [2.75, 3.05) is 24.6 Å². The zero-order valence-corrected chi connectivity index (χ0v) is 14.9. The summed E-state index contributed by atoms with van der Waals surface area (Å²) in [6, 6.07) is 6.39. The zero-order chi connectivity index (χ0) is 18.0. The first-order valence-electron chi connectivity index (χ1n) is 8.64. The molecule has 2 aliphatic heterocycles. The van der Waals surface area contributed by atoms with Crippen LogP contribution >= 0.6 is 11.6 Å².